The van der Waals surface area contributed by atoms with Gasteiger partial charge in [0, 0.05) is 44.2 Å². The number of nitro benzene ring substituents is 1. The van der Waals surface area contributed by atoms with Crippen LogP contribution in [0, 0.1) is 10.1 Å². The maximum Gasteiger partial charge on any atom is 0.343 e. The van der Waals surface area contributed by atoms with E-state index in [0.717, 1.165) is 0 Å². The highest BCUT2D eigenvalue weighted by Crippen LogP contribution is 2.41. The quantitative estimate of drug-likeness (QED) is 0.0544. The standard InChI is InChI=1S/C31H21Cl3N4O6/c1-2-43-26-13-17(7-12-25(26)44-31(40)18-8-10-20(11-9-18)38(41)42)16-35-37-30(39)29-27(21-5-3-4-6-22(21)33)28-23(34)14-19(32)15-24(28)36-29/h3-16,36H,2H2,1H3,(H,37,39). The summed E-state index contributed by atoms with van der Waals surface area (Å²) >= 11 is 19.2. The van der Waals surface area contributed by atoms with Crippen molar-refractivity contribution in [1.29, 1.82) is 0 Å². The number of rotatable bonds is 9. The van der Waals surface area contributed by atoms with Gasteiger partial charge in [0.25, 0.3) is 11.6 Å². The Labute approximate surface area is 265 Å². The molecule has 0 aliphatic rings. The molecule has 0 bridgehead atoms. The molecule has 4 aromatic carbocycles. The molecule has 0 saturated carbocycles. The van der Waals surface area contributed by atoms with Gasteiger partial charge in [0.05, 0.1) is 28.3 Å². The summed E-state index contributed by atoms with van der Waals surface area (Å²) in [4.78, 5) is 39.4. The number of hydrazone groups is 1. The van der Waals surface area contributed by atoms with Crippen LogP contribution in [-0.2, 0) is 0 Å². The van der Waals surface area contributed by atoms with Crippen LogP contribution in [-0.4, -0.2) is 34.6 Å². The number of H-pyrrole nitrogens is 1. The van der Waals surface area contributed by atoms with Crippen LogP contribution in [0.1, 0.15) is 33.3 Å². The number of carbonyl (C=O) groups is 2. The zero-order valence-corrected chi connectivity index (χ0v) is 25.0. The highest BCUT2D eigenvalue weighted by molar-refractivity contribution is 6.41. The smallest absolute Gasteiger partial charge is 0.343 e. The van der Waals surface area contributed by atoms with Crippen molar-refractivity contribution < 1.29 is 24.0 Å². The van der Waals surface area contributed by atoms with Crippen molar-refractivity contribution in [2.24, 2.45) is 5.10 Å². The van der Waals surface area contributed by atoms with E-state index in [2.05, 4.69) is 15.5 Å². The molecule has 1 amide bonds. The molecule has 0 unspecified atom stereocenters. The number of non-ortho nitro benzene ring substituents is 1. The van der Waals surface area contributed by atoms with E-state index in [9.17, 15) is 19.7 Å². The summed E-state index contributed by atoms with van der Waals surface area (Å²) in [5.74, 6) is -0.891. The Balaban J connectivity index is 1.37. The lowest BCUT2D eigenvalue weighted by Crippen LogP contribution is -2.19. The van der Waals surface area contributed by atoms with Gasteiger partial charge in [-0.15, -0.1) is 0 Å². The number of halogens is 3. The Morgan fingerprint density at radius 2 is 1.73 bits per heavy atom. The first-order valence-electron chi connectivity index (χ1n) is 13.0. The van der Waals surface area contributed by atoms with E-state index in [1.54, 1.807) is 55.5 Å². The predicted molar refractivity (Wildman–Crippen MR) is 169 cm³/mol. The second kappa shape index (κ2) is 13.2. The molecule has 0 aliphatic heterocycles. The number of hydrogen-bond acceptors (Lipinski definition) is 7. The molecular formula is C31H21Cl3N4O6. The predicted octanol–water partition coefficient (Wildman–Crippen LogP) is 8.09. The lowest BCUT2D eigenvalue weighted by molar-refractivity contribution is -0.384. The molecule has 222 valence electrons. The van der Waals surface area contributed by atoms with E-state index >= 15 is 0 Å². The lowest BCUT2D eigenvalue weighted by atomic mass is 10.0. The molecule has 5 aromatic rings. The maximum atomic E-state index is 13.3. The SMILES string of the molecule is CCOc1cc(C=NNC(=O)c2[nH]c3cc(Cl)cc(Cl)c3c2-c2ccccc2Cl)ccc1OC(=O)c1ccc([N+](=O)[O-])cc1. The van der Waals surface area contributed by atoms with Crippen LogP contribution in [0.5, 0.6) is 11.5 Å². The van der Waals surface area contributed by atoms with Crippen LogP contribution >= 0.6 is 34.8 Å². The number of nitrogens with one attached hydrogen (secondary N) is 2. The van der Waals surface area contributed by atoms with Gasteiger partial charge in [-0.3, -0.25) is 14.9 Å². The number of amides is 1. The summed E-state index contributed by atoms with van der Waals surface area (Å²) in [7, 11) is 0. The average molecular weight is 652 g/mol. The summed E-state index contributed by atoms with van der Waals surface area (Å²) in [5.41, 5.74) is 4.84. The monoisotopic (exact) mass is 650 g/mol. The van der Waals surface area contributed by atoms with Crippen molar-refractivity contribution >= 4 is 69.5 Å². The minimum absolute atomic E-state index is 0.128. The number of esters is 1. The summed E-state index contributed by atoms with van der Waals surface area (Å²) in [6.45, 7) is 2.04. The van der Waals surface area contributed by atoms with Crippen LogP contribution in [0.3, 0.4) is 0 Å². The fourth-order valence-corrected chi connectivity index (χ4v) is 5.23. The van der Waals surface area contributed by atoms with E-state index in [1.807, 2.05) is 0 Å². The molecule has 2 N–H and O–H groups in total. The number of benzene rings is 4. The van der Waals surface area contributed by atoms with Gasteiger partial charge in [-0.05, 0) is 61.0 Å². The number of aromatic amines is 1. The van der Waals surface area contributed by atoms with Crippen LogP contribution < -0.4 is 14.9 Å². The second-order valence-corrected chi connectivity index (χ2v) is 10.4. The number of nitrogens with zero attached hydrogens (tertiary/aromatic N) is 2. The highest BCUT2D eigenvalue weighted by atomic mass is 35.5. The first-order chi connectivity index (χ1) is 21.2. The molecule has 0 atom stereocenters. The molecular weight excluding hydrogens is 631 g/mol. The highest BCUT2D eigenvalue weighted by Gasteiger charge is 2.23. The first kappa shape index (κ1) is 30.6. The zero-order chi connectivity index (χ0) is 31.4. The van der Waals surface area contributed by atoms with Crippen molar-refractivity contribution in [3.8, 4) is 22.6 Å². The van der Waals surface area contributed by atoms with E-state index < -0.39 is 16.8 Å². The number of aromatic nitrogens is 1. The molecule has 0 spiro atoms. The normalized spacial score (nSPS) is 11.1. The summed E-state index contributed by atoms with van der Waals surface area (Å²) in [6.07, 6.45) is 1.39. The third-order valence-corrected chi connectivity index (χ3v) is 7.19. The molecule has 0 saturated heterocycles. The molecule has 13 heteroatoms. The topological polar surface area (TPSA) is 136 Å². The van der Waals surface area contributed by atoms with Crippen molar-refractivity contribution in [1.82, 2.24) is 10.4 Å². The van der Waals surface area contributed by atoms with E-state index in [1.165, 1.54) is 36.5 Å². The van der Waals surface area contributed by atoms with Gasteiger partial charge >= 0.3 is 5.97 Å². The Morgan fingerprint density at radius 3 is 2.43 bits per heavy atom. The molecule has 44 heavy (non-hydrogen) atoms. The molecule has 1 heterocycles. The van der Waals surface area contributed by atoms with Gasteiger partial charge in [0.15, 0.2) is 11.5 Å². The van der Waals surface area contributed by atoms with Gasteiger partial charge in [-0.25, -0.2) is 10.2 Å². The number of hydrogen-bond donors (Lipinski definition) is 2. The number of carbonyl (C=O) groups excluding carboxylic acids is 2. The second-order valence-electron chi connectivity index (χ2n) is 9.20. The first-order valence-corrected chi connectivity index (χ1v) is 14.1. The van der Waals surface area contributed by atoms with Crippen molar-refractivity contribution in [3.05, 3.63) is 121 Å². The molecule has 0 fully saturated rings. The fourth-order valence-electron chi connectivity index (χ4n) is 4.41. The molecule has 5 rings (SSSR count). The van der Waals surface area contributed by atoms with Crippen LogP contribution in [0.15, 0.2) is 84.0 Å². The minimum Gasteiger partial charge on any atom is -0.490 e. The minimum atomic E-state index is -0.719. The number of ether oxygens (including phenoxy) is 2. The molecule has 10 nitrogen and oxygen atoms in total. The van der Waals surface area contributed by atoms with Crippen molar-refractivity contribution in [3.63, 3.8) is 0 Å². The third kappa shape index (κ3) is 6.52. The Hall–Kier alpha value is -4.90. The molecule has 0 aliphatic carbocycles. The van der Waals surface area contributed by atoms with Gasteiger partial charge in [0.2, 0.25) is 0 Å². The lowest BCUT2D eigenvalue weighted by Gasteiger charge is -2.11. The van der Waals surface area contributed by atoms with Crippen LogP contribution in [0.2, 0.25) is 15.1 Å². The summed E-state index contributed by atoms with van der Waals surface area (Å²) in [6, 6.07) is 20.0. The number of fused-ring (bicyclic) bond motifs is 1. The Kier molecular flexibility index (Phi) is 9.15. The third-order valence-electron chi connectivity index (χ3n) is 6.35. The van der Waals surface area contributed by atoms with Gasteiger partial charge in [-0.1, -0.05) is 53.0 Å². The zero-order valence-electron chi connectivity index (χ0n) is 22.8. The summed E-state index contributed by atoms with van der Waals surface area (Å²) in [5, 5.41) is 16.7. The molecule has 0 radical (unpaired) electrons. The van der Waals surface area contributed by atoms with Crippen LogP contribution in [0.25, 0.3) is 22.0 Å². The fraction of sp³-hybridized carbons (Fsp3) is 0.0645. The summed E-state index contributed by atoms with van der Waals surface area (Å²) < 4.78 is 11.1. The van der Waals surface area contributed by atoms with E-state index in [-0.39, 0.29) is 35.1 Å². The van der Waals surface area contributed by atoms with E-state index in [0.29, 0.717) is 42.7 Å². The van der Waals surface area contributed by atoms with Gasteiger partial charge in [0.1, 0.15) is 5.69 Å². The van der Waals surface area contributed by atoms with Crippen LogP contribution in [0.4, 0.5) is 5.69 Å². The van der Waals surface area contributed by atoms with E-state index in [4.69, 9.17) is 44.3 Å². The van der Waals surface area contributed by atoms with Gasteiger partial charge in [-0.2, -0.15) is 5.10 Å². The maximum absolute atomic E-state index is 13.3. The molecule has 1 aromatic heterocycles. The number of nitro groups is 1. The largest absolute Gasteiger partial charge is 0.490 e. The van der Waals surface area contributed by atoms with Crippen molar-refractivity contribution in [2.75, 3.05) is 6.61 Å². The Morgan fingerprint density at radius 1 is 0.977 bits per heavy atom. The average Bonchev–Trinajstić information content (AvgIpc) is 3.38. The Bertz CT molecular complexity index is 1940. The van der Waals surface area contributed by atoms with Crippen molar-refractivity contribution in [2.45, 2.75) is 6.92 Å². The van der Waals surface area contributed by atoms with Gasteiger partial charge < -0.3 is 14.5 Å².